The third-order valence-corrected chi connectivity index (χ3v) is 1.29. The molecule has 0 saturated heterocycles. The van der Waals surface area contributed by atoms with Crippen LogP contribution in [0.3, 0.4) is 0 Å². The van der Waals surface area contributed by atoms with Gasteiger partial charge >= 0.3 is 0 Å². The van der Waals surface area contributed by atoms with Crippen LogP contribution in [-0.4, -0.2) is 6.04 Å². The molecule has 49 valence electrons. The van der Waals surface area contributed by atoms with Crippen LogP contribution in [-0.2, 0) is 0 Å². The Morgan fingerprint density at radius 3 is 2.62 bits per heavy atom. The molecule has 0 bridgehead atoms. The van der Waals surface area contributed by atoms with Gasteiger partial charge < -0.3 is 5.32 Å². The molecule has 0 aliphatic heterocycles. The summed E-state index contributed by atoms with van der Waals surface area (Å²) in [6.07, 6.45) is 3.74. The lowest BCUT2D eigenvalue weighted by molar-refractivity contribution is 0.546. The highest BCUT2D eigenvalue weighted by molar-refractivity contribution is 4.56. The van der Waals surface area contributed by atoms with Gasteiger partial charge in [-0.15, -0.1) is 0 Å². The van der Waals surface area contributed by atoms with Crippen molar-refractivity contribution in [1.82, 2.24) is 5.32 Å². The highest BCUT2D eigenvalue weighted by Crippen LogP contribution is 1.98. The van der Waals surface area contributed by atoms with Crippen molar-refractivity contribution in [2.24, 2.45) is 0 Å². The van der Waals surface area contributed by atoms with Crippen molar-refractivity contribution in [1.29, 1.82) is 0 Å². The van der Waals surface area contributed by atoms with E-state index in [1.807, 2.05) is 0 Å². The van der Waals surface area contributed by atoms with Gasteiger partial charge in [-0.25, -0.2) is 0 Å². The minimum absolute atomic E-state index is 0.468. The third kappa shape index (κ3) is 4.13. The van der Waals surface area contributed by atoms with Gasteiger partial charge in [-0.1, -0.05) is 26.7 Å². The van der Waals surface area contributed by atoms with E-state index in [1.54, 1.807) is 0 Å². The van der Waals surface area contributed by atoms with Crippen molar-refractivity contribution in [2.75, 3.05) is 0 Å². The molecule has 0 aromatic rings. The highest BCUT2D eigenvalue weighted by atomic mass is 14.8. The van der Waals surface area contributed by atoms with Crippen molar-refractivity contribution >= 4 is 0 Å². The summed E-state index contributed by atoms with van der Waals surface area (Å²) in [7, 11) is 3.46. The molecular weight excluding hydrogens is 98.1 g/mol. The van der Waals surface area contributed by atoms with Crippen molar-refractivity contribution in [3.8, 4) is 0 Å². The lowest BCUT2D eigenvalue weighted by atomic mass is 10.1. The molecule has 1 radical (unpaired) electrons. The zero-order valence-electron chi connectivity index (χ0n) is 5.85. The Morgan fingerprint density at radius 1 is 1.62 bits per heavy atom. The van der Waals surface area contributed by atoms with Gasteiger partial charge in [0.25, 0.3) is 0 Å². The quantitative estimate of drug-likeness (QED) is 0.495. The maximum atomic E-state index is 3.88. The van der Waals surface area contributed by atoms with E-state index < -0.39 is 0 Å². The average Bonchev–Trinajstić information content (AvgIpc) is 1.83. The monoisotopic (exact) mass is 113 g/mol. The predicted octanol–water partition coefficient (Wildman–Crippen LogP) is 1.96. The molecule has 1 heteroatoms. The van der Waals surface area contributed by atoms with Gasteiger partial charge in [0.05, 0.1) is 0 Å². The summed E-state index contributed by atoms with van der Waals surface area (Å²) < 4.78 is 0. The van der Waals surface area contributed by atoms with Crippen LogP contribution in [0.5, 0.6) is 0 Å². The first kappa shape index (κ1) is 7.96. The van der Waals surface area contributed by atoms with E-state index in [9.17, 15) is 0 Å². The molecule has 0 saturated carbocycles. The molecule has 0 spiro atoms. The summed E-state index contributed by atoms with van der Waals surface area (Å²) in [5, 5.41) is 3.88. The van der Waals surface area contributed by atoms with E-state index in [-0.39, 0.29) is 0 Å². The summed E-state index contributed by atoms with van der Waals surface area (Å²) in [5.74, 6) is 0. The van der Waals surface area contributed by atoms with Gasteiger partial charge in [-0.05, 0) is 12.5 Å². The Labute approximate surface area is 52.5 Å². The molecule has 0 aromatic carbocycles. The molecule has 1 atom stereocenters. The molecule has 8 heavy (non-hydrogen) atoms. The lowest BCUT2D eigenvalue weighted by Crippen LogP contribution is -2.11. The average molecular weight is 113 g/mol. The van der Waals surface area contributed by atoms with Crippen molar-refractivity contribution < 1.29 is 0 Å². The second-order valence-electron chi connectivity index (χ2n) is 2.17. The zero-order chi connectivity index (χ0) is 6.41. The molecule has 0 rings (SSSR count). The maximum Gasteiger partial charge on any atom is -0.0114 e. The molecule has 1 nitrogen and oxygen atoms in total. The molecule has 0 aliphatic carbocycles. The number of hydrogen-bond acceptors (Lipinski definition) is 0. The Balaban J connectivity index is 2.86. The SMILES string of the molecule is [CH2-][N]C(C)CCCC. The van der Waals surface area contributed by atoms with Crippen molar-refractivity contribution in [3.63, 3.8) is 0 Å². The van der Waals surface area contributed by atoms with Gasteiger partial charge in [0.2, 0.25) is 0 Å². The lowest BCUT2D eigenvalue weighted by Gasteiger charge is -2.11. The van der Waals surface area contributed by atoms with E-state index in [4.69, 9.17) is 0 Å². The predicted molar refractivity (Wildman–Crippen MR) is 36.5 cm³/mol. The Kier molecular flexibility index (Phi) is 5.08. The Bertz CT molecular complexity index is 43.7. The van der Waals surface area contributed by atoms with Crippen LogP contribution >= 0.6 is 0 Å². The van der Waals surface area contributed by atoms with Gasteiger partial charge in [-0.2, -0.15) is 0 Å². The molecule has 0 fully saturated rings. The fourth-order valence-electron chi connectivity index (χ4n) is 0.591. The van der Waals surface area contributed by atoms with Crippen LogP contribution in [0.2, 0.25) is 0 Å². The van der Waals surface area contributed by atoms with Crippen LogP contribution in [0, 0.1) is 7.05 Å². The summed E-state index contributed by atoms with van der Waals surface area (Å²) in [6, 6.07) is 0.468. The van der Waals surface area contributed by atoms with Crippen LogP contribution in [0.15, 0.2) is 0 Å². The second kappa shape index (κ2) is 5.10. The summed E-state index contributed by atoms with van der Waals surface area (Å²) >= 11 is 0. The fraction of sp³-hybridized carbons (Fsp3) is 0.857. The Morgan fingerprint density at radius 2 is 2.25 bits per heavy atom. The fourth-order valence-corrected chi connectivity index (χ4v) is 0.591. The van der Waals surface area contributed by atoms with E-state index in [1.165, 1.54) is 19.3 Å². The molecule has 0 heterocycles. The second-order valence-corrected chi connectivity index (χ2v) is 2.17. The first-order valence-corrected chi connectivity index (χ1v) is 3.27. The Hall–Kier alpha value is -0.0400. The summed E-state index contributed by atoms with van der Waals surface area (Å²) in [4.78, 5) is 0. The largest absolute Gasteiger partial charge is 0.422 e. The molecule has 0 aromatic heterocycles. The summed E-state index contributed by atoms with van der Waals surface area (Å²) in [6.45, 7) is 4.29. The van der Waals surface area contributed by atoms with E-state index in [2.05, 4.69) is 26.2 Å². The molecule has 0 N–H and O–H groups in total. The van der Waals surface area contributed by atoms with Gasteiger partial charge in [0.1, 0.15) is 0 Å². The first-order chi connectivity index (χ1) is 3.81. The van der Waals surface area contributed by atoms with E-state index in [0.29, 0.717) is 6.04 Å². The third-order valence-electron chi connectivity index (χ3n) is 1.29. The van der Waals surface area contributed by atoms with Crippen LogP contribution < -0.4 is 5.32 Å². The highest BCUT2D eigenvalue weighted by Gasteiger charge is 1.91. The number of hydrogen-bond donors (Lipinski definition) is 0. The number of nitrogens with zero attached hydrogens (tertiary/aromatic N) is 1. The molecule has 1 unspecified atom stereocenters. The van der Waals surface area contributed by atoms with E-state index in [0.717, 1.165) is 0 Å². The summed E-state index contributed by atoms with van der Waals surface area (Å²) in [5.41, 5.74) is 0. The van der Waals surface area contributed by atoms with Crippen LogP contribution in [0.1, 0.15) is 33.1 Å². The maximum absolute atomic E-state index is 3.88. The molecule has 0 amide bonds. The minimum Gasteiger partial charge on any atom is -0.422 e. The van der Waals surface area contributed by atoms with Crippen molar-refractivity contribution in [3.05, 3.63) is 7.05 Å². The number of rotatable bonds is 4. The standard InChI is InChI=1S/C7H15N/c1-4-5-6-7(2)8-3/h7H,3-6H2,1-2H3/q-1. The van der Waals surface area contributed by atoms with Crippen molar-refractivity contribution in [2.45, 2.75) is 39.2 Å². The molecule has 0 aliphatic rings. The number of unbranched alkanes of at least 4 members (excludes halogenated alkanes) is 1. The van der Waals surface area contributed by atoms with Crippen LogP contribution in [0.25, 0.3) is 0 Å². The van der Waals surface area contributed by atoms with Gasteiger partial charge in [0, 0.05) is 0 Å². The normalized spacial score (nSPS) is 13.9. The van der Waals surface area contributed by atoms with E-state index >= 15 is 0 Å². The first-order valence-electron chi connectivity index (χ1n) is 3.27. The van der Waals surface area contributed by atoms with Gasteiger partial charge in [0.15, 0.2) is 0 Å². The smallest absolute Gasteiger partial charge is 0.0114 e. The van der Waals surface area contributed by atoms with Crippen LogP contribution in [0.4, 0.5) is 0 Å². The topological polar surface area (TPSA) is 14.1 Å². The molecular formula is C7H15N-. The zero-order valence-corrected chi connectivity index (χ0v) is 5.85. The minimum atomic E-state index is 0.468. The van der Waals surface area contributed by atoms with Gasteiger partial charge in [-0.3, -0.25) is 7.05 Å².